The highest BCUT2D eigenvalue weighted by molar-refractivity contribution is 5.32. The molecular formula is C17H24N4. The minimum atomic E-state index is 0.515. The lowest BCUT2D eigenvalue weighted by Crippen LogP contribution is -2.24. The lowest BCUT2D eigenvalue weighted by atomic mass is 9.99. The van der Waals surface area contributed by atoms with Crippen molar-refractivity contribution in [3.8, 4) is 0 Å². The number of rotatable bonds is 3. The van der Waals surface area contributed by atoms with Crippen molar-refractivity contribution in [3.63, 3.8) is 0 Å². The van der Waals surface area contributed by atoms with E-state index in [9.17, 15) is 0 Å². The van der Waals surface area contributed by atoms with Crippen molar-refractivity contribution < 1.29 is 0 Å². The number of aromatic nitrogens is 3. The summed E-state index contributed by atoms with van der Waals surface area (Å²) in [7, 11) is 2.05. The highest BCUT2D eigenvalue weighted by Gasteiger charge is 2.27. The van der Waals surface area contributed by atoms with E-state index in [0.29, 0.717) is 6.04 Å². The van der Waals surface area contributed by atoms with E-state index in [1.54, 1.807) is 0 Å². The molecule has 0 unspecified atom stereocenters. The SMILES string of the molecule is Cc1ccc([C@H]2CCCN2Cc2nnc(C)n2C)cc1C. The van der Waals surface area contributed by atoms with E-state index in [1.165, 1.54) is 29.5 Å². The summed E-state index contributed by atoms with van der Waals surface area (Å²) in [6.07, 6.45) is 2.49. The van der Waals surface area contributed by atoms with E-state index >= 15 is 0 Å². The van der Waals surface area contributed by atoms with Crippen molar-refractivity contribution in [1.29, 1.82) is 0 Å². The van der Waals surface area contributed by atoms with Gasteiger partial charge in [-0.25, -0.2) is 0 Å². The van der Waals surface area contributed by atoms with E-state index < -0.39 is 0 Å². The lowest BCUT2D eigenvalue weighted by molar-refractivity contribution is 0.239. The molecular weight excluding hydrogens is 260 g/mol. The zero-order valence-corrected chi connectivity index (χ0v) is 13.4. The Morgan fingerprint density at radius 2 is 1.95 bits per heavy atom. The maximum Gasteiger partial charge on any atom is 0.146 e. The second kappa shape index (κ2) is 5.60. The molecule has 0 saturated carbocycles. The van der Waals surface area contributed by atoms with Gasteiger partial charge in [0.15, 0.2) is 0 Å². The van der Waals surface area contributed by atoms with Crippen LogP contribution in [0.2, 0.25) is 0 Å². The van der Waals surface area contributed by atoms with Crippen LogP contribution in [0.5, 0.6) is 0 Å². The summed E-state index contributed by atoms with van der Waals surface area (Å²) in [5.74, 6) is 2.04. The van der Waals surface area contributed by atoms with Gasteiger partial charge in [-0.1, -0.05) is 18.2 Å². The Bertz CT molecular complexity index is 644. The van der Waals surface area contributed by atoms with Crippen LogP contribution in [0.3, 0.4) is 0 Å². The third-order valence-corrected chi connectivity index (χ3v) is 4.81. The molecule has 112 valence electrons. The Kier molecular flexibility index (Phi) is 3.81. The first kappa shape index (κ1) is 14.3. The molecule has 4 heteroatoms. The summed E-state index contributed by atoms with van der Waals surface area (Å²) in [5.41, 5.74) is 4.19. The average Bonchev–Trinajstić information content (AvgIpc) is 3.04. The van der Waals surface area contributed by atoms with Gasteiger partial charge >= 0.3 is 0 Å². The monoisotopic (exact) mass is 284 g/mol. The average molecular weight is 284 g/mol. The highest BCUT2D eigenvalue weighted by Crippen LogP contribution is 2.33. The molecule has 0 N–H and O–H groups in total. The van der Waals surface area contributed by atoms with Crippen LogP contribution < -0.4 is 0 Å². The van der Waals surface area contributed by atoms with Gasteiger partial charge in [0, 0.05) is 13.1 Å². The minimum absolute atomic E-state index is 0.515. The molecule has 3 rings (SSSR count). The van der Waals surface area contributed by atoms with Crippen LogP contribution in [0.4, 0.5) is 0 Å². The Balaban J connectivity index is 1.82. The Labute approximate surface area is 126 Å². The predicted molar refractivity (Wildman–Crippen MR) is 84.0 cm³/mol. The highest BCUT2D eigenvalue weighted by atomic mass is 15.3. The maximum atomic E-state index is 4.31. The van der Waals surface area contributed by atoms with Crippen LogP contribution in [-0.4, -0.2) is 26.2 Å². The van der Waals surface area contributed by atoms with Crippen LogP contribution in [0.1, 0.15) is 47.2 Å². The molecule has 21 heavy (non-hydrogen) atoms. The van der Waals surface area contributed by atoms with E-state index in [0.717, 1.165) is 24.7 Å². The summed E-state index contributed by atoms with van der Waals surface area (Å²) < 4.78 is 2.09. The zero-order chi connectivity index (χ0) is 15.0. The molecule has 1 aliphatic rings. The molecule has 2 aromatic rings. The molecule has 0 bridgehead atoms. The van der Waals surface area contributed by atoms with Crippen LogP contribution >= 0.6 is 0 Å². The van der Waals surface area contributed by atoms with Crippen LogP contribution in [-0.2, 0) is 13.6 Å². The molecule has 1 fully saturated rings. The van der Waals surface area contributed by atoms with E-state index in [4.69, 9.17) is 0 Å². The summed E-state index contributed by atoms with van der Waals surface area (Å²) in [4.78, 5) is 2.54. The molecule has 1 aromatic heterocycles. The Hall–Kier alpha value is -1.68. The van der Waals surface area contributed by atoms with E-state index in [2.05, 4.69) is 51.7 Å². The minimum Gasteiger partial charge on any atom is -0.317 e. The predicted octanol–water partition coefficient (Wildman–Crippen LogP) is 3.08. The molecule has 1 aliphatic heterocycles. The first-order valence-corrected chi connectivity index (χ1v) is 7.72. The zero-order valence-electron chi connectivity index (χ0n) is 13.4. The fourth-order valence-electron chi connectivity index (χ4n) is 3.14. The number of hydrogen-bond donors (Lipinski definition) is 0. The fraction of sp³-hybridized carbons (Fsp3) is 0.529. The molecule has 4 nitrogen and oxygen atoms in total. The summed E-state index contributed by atoms with van der Waals surface area (Å²) in [6, 6.07) is 7.39. The van der Waals surface area contributed by atoms with Gasteiger partial charge in [0.05, 0.1) is 6.54 Å². The Morgan fingerprint density at radius 3 is 2.62 bits per heavy atom. The molecule has 1 aromatic carbocycles. The fourth-order valence-corrected chi connectivity index (χ4v) is 3.14. The van der Waals surface area contributed by atoms with Crippen molar-refractivity contribution in [2.45, 2.75) is 46.2 Å². The Morgan fingerprint density at radius 1 is 1.14 bits per heavy atom. The molecule has 0 aliphatic carbocycles. The van der Waals surface area contributed by atoms with Crippen molar-refractivity contribution in [2.75, 3.05) is 6.54 Å². The molecule has 0 radical (unpaired) electrons. The van der Waals surface area contributed by atoms with Gasteiger partial charge in [-0.3, -0.25) is 4.90 Å². The van der Waals surface area contributed by atoms with Gasteiger partial charge in [-0.05, 0) is 56.8 Å². The van der Waals surface area contributed by atoms with Crippen molar-refractivity contribution in [1.82, 2.24) is 19.7 Å². The van der Waals surface area contributed by atoms with Crippen molar-refractivity contribution >= 4 is 0 Å². The molecule has 0 amide bonds. The molecule has 1 saturated heterocycles. The van der Waals surface area contributed by atoms with Gasteiger partial charge in [-0.15, -0.1) is 10.2 Å². The van der Waals surface area contributed by atoms with E-state index in [-0.39, 0.29) is 0 Å². The van der Waals surface area contributed by atoms with Crippen LogP contribution in [0.15, 0.2) is 18.2 Å². The third kappa shape index (κ3) is 2.72. The second-order valence-corrected chi connectivity index (χ2v) is 6.19. The lowest BCUT2D eigenvalue weighted by Gasteiger charge is -2.25. The van der Waals surface area contributed by atoms with Gasteiger partial charge < -0.3 is 4.57 Å². The summed E-state index contributed by atoms with van der Waals surface area (Å²) >= 11 is 0. The van der Waals surface area contributed by atoms with Crippen LogP contribution in [0.25, 0.3) is 0 Å². The van der Waals surface area contributed by atoms with Gasteiger partial charge in [-0.2, -0.15) is 0 Å². The first-order chi connectivity index (χ1) is 10.1. The summed E-state index contributed by atoms with van der Waals surface area (Å²) in [5, 5.41) is 8.48. The largest absolute Gasteiger partial charge is 0.317 e. The number of benzene rings is 1. The molecule has 0 spiro atoms. The molecule has 2 heterocycles. The van der Waals surface area contributed by atoms with Gasteiger partial charge in [0.25, 0.3) is 0 Å². The second-order valence-electron chi connectivity index (χ2n) is 6.19. The first-order valence-electron chi connectivity index (χ1n) is 7.72. The number of hydrogen-bond acceptors (Lipinski definition) is 3. The standard InChI is InChI=1S/C17H24N4/c1-12-7-8-15(10-13(12)2)16-6-5-9-21(16)11-17-19-18-14(3)20(17)4/h7-8,10,16H,5-6,9,11H2,1-4H3/t16-/m1/s1. The van der Waals surface area contributed by atoms with Crippen LogP contribution in [0, 0.1) is 20.8 Å². The summed E-state index contributed by atoms with van der Waals surface area (Å²) in [6.45, 7) is 8.40. The normalized spacial score (nSPS) is 19.3. The number of likely N-dealkylation sites (tertiary alicyclic amines) is 1. The molecule has 1 atom stereocenters. The maximum absolute atomic E-state index is 4.31. The number of nitrogens with zero attached hydrogens (tertiary/aromatic N) is 4. The number of aryl methyl sites for hydroxylation is 3. The van der Waals surface area contributed by atoms with E-state index in [1.807, 2.05) is 14.0 Å². The topological polar surface area (TPSA) is 34.0 Å². The third-order valence-electron chi connectivity index (χ3n) is 4.81. The quantitative estimate of drug-likeness (QED) is 0.868. The smallest absolute Gasteiger partial charge is 0.146 e. The van der Waals surface area contributed by atoms with Gasteiger partial charge in [0.2, 0.25) is 0 Å². The van der Waals surface area contributed by atoms with Crippen molar-refractivity contribution in [3.05, 3.63) is 46.5 Å². The van der Waals surface area contributed by atoms with Crippen molar-refractivity contribution in [2.24, 2.45) is 7.05 Å². The van der Waals surface area contributed by atoms with Gasteiger partial charge in [0.1, 0.15) is 11.6 Å².